The maximum absolute atomic E-state index is 2.46. The van der Waals surface area contributed by atoms with Gasteiger partial charge in [-0.3, -0.25) is 0 Å². The van der Waals surface area contributed by atoms with Gasteiger partial charge in [-0.2, -0.15) is 0 Å². The third kappa shape index (κ3) is 7.25. The minimum absolute atomic E-state index is 1.07. The van der Waals surface area contributed by atoms with Crippen molar-refractivity contribution in [3.63, 3.8) is 0 Å². The van der Waals surface area contributed by atoms with Crippen LogP contribution in [0.25, 0.3) is 64.7 Å². The number of hydrogen-bond donors (Lipinski definition) is 0. The predicted octanol–water partition coefficient (Wildman–Crippen LogP) is 17.7. The fourth-order valence-electron chi connectivity index (χ4n) is 8.96. The van der Waals surface area contributed by atoms with E-state index < -0.39 is 0 Å². The molecule has 0 saturated heterocycles. The summed E-state index contributed by atoms with van der Waals surface area (Å²) in [5.41, 5.74) is 15.9. The minimum Gasteiger partial charge on any atom is -0.309 e. The topological polar surface area (TPSA) is 6.48 Å². The van der Waals surface area contributed by atoms with Gasteiger partial charge in [-0.05, 0) is 82.4 Å². The average molecular weight is 823 g/mol. The number of benzene rings is 10. The molecule has 0 saturated carbocycles. The van der Waals surface area contributed by atoms with Crippen molar-refractivity contribution in [1.82, 2.24) is 0 Å². The first-order chi connectivity index (χ1) is 31.3. The number of anilines is 6. The fraction of sp³-hybridized carbons (Fsp3) is 0. The summed E-state index contributed by atoms with van der Waals surface area (Å²) >= 11 is 1.86. The molecule has 0 amide bonds. The second kappa shape index (κ2) is 16.8. The van der Waals surface area contributed by atoms with Gasteiger partial charge >= 0.3 is 0 Å². The van der Waals surface area contributed by atoms with Gasteiger partial charge in [-0.1, -0.05) is 200 Å². The summed E-state index contributed by atoms with van der Waals surface area (Å²) in [4.78, 5) is 4.90. The maximum atomic E-state index is 2.46. The highest BCUT2D eigenvalue weighted by Gasteiger charge is 2.23. The SMILES string of the molecule is c1ccc(-c2ccccc2N(c2cccc(-c3cccc(N(c4ccccc4-c4ccccc4)c4cccc5c4sc4ccccc45)c3)c2)c2ccccc2-c2ccccc2)cc1. The predicted molar refractivity (Wildman–Crippen MR) is 270 cm³/mol. The summed E-state index contributed by atoms with van der Waals surface area (Å²) in [7, 11) is 0. The molecule has 0 aliphatic heterocycles. The lowest BCUT2D eigenvalue weighted by molar-refractivity contribution is 1.28. The summed E-state index contributed by atoms with van der Waals surface area (Å²) in [5.74, 6) is 0. The van der Waals surface area contributed by atoms with E-state index in [0.717, 1.165) is 56.4 Å². The Balaban J connectivity index is 1.10. The molecular formula is C60H42N2S. The molecule has 0 aliphatic rings. The van der Waals surface area contributed by atoms with Crippen molar-refractivity contribution in [1.29, 1.82) is 0 Å². The highest BCUT2D eigenvalue weighted by Crippen LogP contribution is 2.49. The van der Waals surface area contributed by atoms with Gasteiger partial charge in [0.1, 0.15) is 0 Å². The molecule has 3 heteroatoms. The highest BCUT2D eigenvalue weighted by molar-refractivity contribution is 7.26. The largest absolute Gasteiger partial charge is 0.309 e. The highest BCUT2D eigenvalue weighted by atomic mass is 32.1. The second-order valence-electron chi connectivity index (χ2n) is 15.7. The Morgan fingerprint density at radius 3 is 1.10 bits per heavy atom. The van der Waals surface area contributed by atoms with Crippen LogP contribution in [0.4, 0.5) is 34.1 Å². The van der Waals surface area contributed by atoms with E-state index in [9.17, 15) is 0 Å². The number of hydrogen-bond acceptors (Lipinski definition) is 3. The van der Waals surface area contributed by atoms with Crippen molar-refractivity contribution < 1.29 is 0 Å². The van der Waals surface area contributed by atoms with Crippen molar-refractivity contribution in [2.24, 2.45) is 0 Å². The van der Waals surface area contributed by atoms with Gasteiger partial charge in [0, 0.05) is 43.5 Å². The molecule has 11 aromatic rings. The van der Waals surface area contributed by atoms with E-state index in [-0.39, 0.29) is 0 Å². The second-order valence-corrected chi connectivity index (χ2v) is 16.7. The van der Waals surface area contributed by atoms with Gasteiger partial charge in [-0.25, -0.2) is 0 Å². The van der Waals surface area contributed by atoms with E-state index in [1.54, 1.807) is 0 Å². The number of fused-ring (bicyclic) bond motifs is 3. The van der Waals surface area contributed by atoms with Crippen LogP contribution in [0, 0.1) is 0 Å². The minimum atomic E-state index is 1.07. The van der Waals surface area contributed by atoms with Gasteiger partial charge < -0.3 is 9.80 Å². The molecule has 0 fully saturated rings. The summed E-state index contributed by atoms with van der Waals surface area (Å²) in [6, 6.07) is 92.0. The lowest BCUT2D eigenvalue weighted by Gasteiger charge is -2.30. The number of thiophene rings is 1. The lowest BCUT2D eigenvalue weighted by atomic mass is 9.97. The van der Waals surface area contributed by atoms with Gasteiger partial charge in [-0.15, -0.1) is 11.3 Å². The zero-order chi connectivity index (χ0) is 42.0. The first-order valence-electron chi connectivity index (χ1n) is 21.4. The molecule has 298 valence electrons. The molecular weight excluding hydrogens is 781 g/mol. The molecule has 10 aromatic carbocycles. The summed E-state index contributed by atoms with van der Waals surface area (Å²) < 4.78 is 2.55. The zero-order valence-electron chi connectivity index (χ0n) is 34.6. The molecule has 0 bridgehead atoms. The van der Waals surface area contributed by atoms with Crippen LogP contribution in [-0.4, -0.2) is 0 Å². The Hall–Kier alpha value is -7.98. The van der Waals surface area contributed by atoms with Crippen molar-refractivity contribution in [2.45, 2.75) is 0 Å². The van der Waals surface area contributed by atoms with Crippen LogP contribution in [0.2, 0.25) is 0 Å². The van der Waals surface area contributed by atoms with Crippen LogP contribution in [-0.2, 0) is 0 Å². The standard InChI is InChI=1S/C60H42N2S/c1-4-21-43(22-5-1)50-31-10-14-36-55(50)61(56-37-15-11-32-51(56)44-23-6-2-7-24-44)48-29-18-27-46(41-48)47-28-19-30-49(42-47)62(57-38-16-12-33-52(57)45-25-8-3-9-26-45)58-39-20-35-54-53-34-13-17-40-59(53)63-60(54)58/h1-42H. The quantitative estimate of drug-likeness (QED) is 0.136. The van der Waals surface area contributed by atoms with Gasteiger partial charge in [0.05, 0.1) is 27.4 Å². The average Bonchev–Trinajstić information content (AvgIpc) is 3.75. The van der Waals surface area contributed by atoms with Crippen LogP contribution < -0.4 is 9.80 Å². The maximum Gasteiger partial charge on any atom is 0.0640 e. The fourth-order valence-corrected chi connectivity index (χ4v) is 10.2. The monoisotopic (exact) mass is 822 g/mol. The molecule has 0 N–H and O–H groups in total. The first kappa shape index (κ1) is 38.0. The van der Waals surface area contributed by atoms with E-state index >= 15 is 0 Å². The van der Waals surface area contributed by atoms with E-state index in [1.165, 1.54) is 42.4 Å². The molecule has 0 atom stereocenters. The Morgan fingerprint density at radius 2 is 0.603 bits per heavy atom. The smallest absolute Gasteiger partial charge is 0.0640 e. The van der Waals surface area contributed by atoms with E-state index in [4.69, 9.17) is 0 Å². The van der Waals surface area contributed by atoms with Crippen LogP contribution >= 0.6 is 11.3 Å². The summed E-state index contributed by atoms with van der Waals surface area (Å²) in [5, 5.41) is 2.55. The zero-order valence-corrected chi connectivity index (χ0v) is 35.4. The third-order valence-corrected chi connectivity index (χ3v) is 13.1. The molecule has 11 rings (SSSR count). The summed E-state index contributed by atoms with van der Waals surface area (Å²) in [6.45, 7) is 0. The molecule has 63 heavy (non-hydrogen) atoms. The number of para-hydroxylation sites is 3. The third-order valence-electron chi connectivity index (χ3n) is 11.9. The Morgan fingerprint density at radius 1 is 0.254 bits per heavy atom. The molecule has 0 spiro atoms. The van der Waals surface area contributed by atoms with Crippen molar-refractivity contribution in [3.05, 3.63) is 255 Å². The Kier molecular flexibility index (Phi) is 10.1. The molecule has 0 radical (unpaired) electrons. The number of nitrogens with zero attached hydrogens (tertiary/aromatic N) is 2. The van der Waals surface area contributed by atoms with E-state index in [2.05, 4.69) is 265 Å². The molecule has 1 heterocycles. The molecule has 0 unspecified atom stereocenters. The molecule has 1 aromatic heterocycles. The van der Waals surface area contributed by atoms with Gasteiger partial charge in [0.25, 0.3) is 0 Å². The number of rotatable bonds is 10. The molecule has 0 aliphatic carbocycles. The van der Waals surface area contributed by atoms with Crippen LogP contribution in [0.1, 0.15) is 0 Å². The van der Waals surface area contributed by atoms with Gasteiger partial charge in [0.15, 0.2) is 0 Å². The van der Waals surface area contributed by atoms with Crippen molar-refractivity contribution >= 4 is 65.6 Å². The summed E-state index contributed by atoms with van der Waals surface area (Å²) in [6.07, 6.45) is 0. The van der Waals surface area contributed by atoms with E-state index in [1.807, 2.05) is 11.3 Å². The first-order valence-corrected chi connectivity index (χ1v) is 22.2. The van der Waals surface area contributed by atoms with Crippen molar-refractivity contribution in [3.8, 4) is 44.5 Å². The normalized spacial score (nSPS) is 11.2. The van der Waals surface area contributed by atoms with Gasteiger partial charge in [0.2, 0.25) is 0 Å². The van der Waals surface area contributed by atoms with Crippen LogP contribution in [0.15, 0.2) is 255 Å². The van der Waals surface area contributed by atoms with E-state index in [0.29, 0.717) is 0 Å². The molecule has 2 nitrogen and oxygen atoms in total. The van der Waals surface area contributed by atoms with Crippen LogP contribution in [0.3, 0.4) is 0 Å². The van der Waals surface area contributed by atoms with Crippen molar-refractivity contribution in [2.75, 3.05) is 9.80 Å². The lowest BCUT2D eigenvalue weighted by Crippen LogP contribution is -2.12. The Labute approximate surface area is 372 Å². The Bertz CT molecular complexity index is 3270. The van der Waals surface area contributed by atoms with Crippen LogP contribution in [0.5, 0.6) is 0 Å².